The molecule has 0 bridgehead atoms. The predicted molar refractivity (Wildman–Crippen MR) is 94.8 cm³/mol. The van der Waals surface area contributed by atoms with E-state index in [9.17, 15) is 14.3 Å². The molecule has 1 aliphatic heterocycles. The first kappa shape index (κ1) is 17.5. The molecule has 1 amide bonds. The minimum atomic E-state index is -1.12. The summed E-state index contributed by atoms with van der Waals surface area (Å²) in [5.41, 5.74) is 0.0598. The molecule has 1 fully saturated rings. The normalized spacial score (nSPS) is 16.0. The summed E-state index contributed by atoms with van der Waals surface area (Å²) in [6.45, 7) is 0.799. The van der Waals surface area contributed by atoms with Crippen LogP contribution in [0.5, 0.6) is 0 Å². The highest BCUT2D eigenvalue weighted by Crippen LogP contribution is 2.23. The van der Waals surface area contributed by atoms with E-state index in [0.717, 1.165) is 5.56 Å². The number of carbonyl (C=O) groups is 1. The molecule has 0 spiro atoms. The maximum Gasteiger partial charge on any atom is 0.253 e. The van der Waals surface area contributed by atoms with Crippen molar-refractivity contribution in [3.8, 4) is 11.8 Å². The fraction of sp³-hybridized carbons (Fsp3) is 0.250. The molecule has 1 heterocycles. The third-order valence-electron chi connectivity index (χ3n) is 4.23. The number of nitrogens with zero attached hydrogens (tertiary/aromatic N) is 1. The van der Waals surface area contributed by atoms with Gasteiger partial charge in [-0.25, -0.2) is 4.39 Å². The van der Waals surface area contributed by atoms with Gasteiger partial charge in [0.15, 0.2) is 0 Å². The Morgan fingerprint density at radius 3 is 2.48 bits per heavy atom. The molecular weight excluding hydrogens is 341 g/mol. The van der Waals surface area contributed by atoms with Gasteiger partial charge in [-0.15, -0.1) is 0 Å². The van der Waals surface area contributed by atoms with E-state index in [0.29, 0.717) is 36.5 Å². The van der Waals surface area contributed by atoms with Crippen molar-refractivity contribution in [1.82, 2.24) is 4.90 Å². The van der Waals surface area contributed by atoms with E-state index in [4.69, 9.17) is 11.6 Å². The molecule has 5 heteroatoms. The van der Waals surface area contributed by atoms with E-state index in [1.807, 2.05) is 6.07 Å². The number of amides is 1. The van der Waals surface area contributed by atoms with Crippen LogP contribution >= 0.6 is 11.6 Å². The first-order valence-electron chi connectivity index (χ1n) is 8.01. The van der Waals surface area contributed by atoms with Crippen LogP contribution in [0.4, 0.5) is 4.39 Å². The monoisotopic (exact) mass is 357 g/mol. The van der Waals surface area contributed by atoms with Crippen LogP contribution in [0.25, 0.3) is 0 Å². The topological polar surface area (TPSA) is 40.5 Å². The zero-order valence-corrected chi connectivity index (χ0v) is 14.3. The molecule has 0 atom stereocenters. The highest BCUT2D eigenvalue weighted by Gasteiger charge is 2.32. The predicted octanol–water partition coefficient (Wildman–Crippen LogP) is 3.50. The van der Waals surface area contributed by atoms with Crippen LogP contribution in [0.1, 0.15) is 28.8 Å². The Labute approximate surface area is 151 Å². The van der Waals surface area contributed by atoms with E-state index in [2.05, 4.69) is 11.8 Å². The highest BCUT2D eigenvalue weighted by atomic mass is 35.5. The summed E-state index contributed by atoms with van der Waals surface area (Å²) in [5.74, 6) is 5.32. The van der Waals surface area contributed by atoms with E-state index in [1.165, 1.54) is 24.3 Å². The lowest BCUT2D eigenvalue weighted by Gasteiger charge is -2.35. The van der Waals surface area contributed by atoms with E-state index in [1.54, 1.807) is 23.1 Å². The van der Waals surface area contributed by atoms with Gasteiger partial charge >= 0.3 is 0 Å². The maximum atomic E-state index is 13.0. The Morgan fingerprint density at radius 1 is 1.16 bits per heavy atom. The van der Waals surface area contributed by atoms with Crippen LogP contribution < -0.4 is 0 Å². The fourth-order valence-corrected chi connectivity index (χ4v) is 2.92. The van der Waals surface area contributed by atoms with Crippen molar-refractivity contribution in [2.24, 2.45) is 0 Å². The Hall–Kier alpha value is -2.35. The zero-order chi connectivity index (χ0) is 17.9. The van der Waals surface area contributed by atoms with Crippen LogP contribution in [0.15, 0.2) is 48.5 Å². The third kappa shape index (κ3) is 4.39. The summed E-state index contributed by atoms with van der Waals surface area (Å²) < 4.78 is 13.0. The van der Waals surface area contributed by atoms with Crippen molar-refractivity contribution in [2.45, 2.75) is 18.4 Å². The van der Waals surface area contributed by atoms with Gasteiger partial charge in [-0.2, -0.15) is 0 Å². The molecule has 0 unspecified atom stereocenters. The second kappa shape index (κ2) is 7.26. The first-order chi connectivity index (χ1) is 12.0. The second-order valence-electron chi connectivity index (χ2n) is 6.09. The molecule has 1 aliphatic rings. The largest absolute Gasteiger partial charge is 0.377 e. The van der Waals surface area contributed by atoms with Crippen LogP contribution in [0, 0.1) is 17.7 Å². The van der Waals surface area contributed by atoms with Gasteiger partial charge in [-0.3, -0.25) is 4.79 Å². The van der Waals surface area contributed by atoms with Gasteiger partial charge in [0.2, 0.25) is 0 Å². The average molecular weight is 358 g/mol. The molecule has 0 aliphatic carbocycles. The number of likely N-dealkylation sites (tertiary alicyclic amines) is 1. The van der Waals surface area contributed by atoms with Crippen molar-refractivity contribution >= 4 is 17.5 Å². The molecule has 1 N–H and O–H groups in total. The summed E-state index contributed by atoms with van der Waals surface area (Å²) in [5, 5.41) is 11.2. The van der Waals surface area contributed by atoms with Crippen LogP contribution in [0.2, 0.25) is 5.02 Å². The van der Waals surface area contributed by atoms with Crippen molar-refractivity contribution < 1.29 is 14.3 Å². The number of hydrogen-bond donors (Lipinski definition) is 1. The van der Waals surface area contributed by atoms with E-state index in [-0.39, 0.29) is 11.7 Å². The zero-order valence-electron chi connectivity index (χ0n) is 13.5. The molecule has 0 saturated carbocycles. The molecule has 2 aromatic carbocycles. The molecule has 2 aromatic rings. The minimum absolute atomic E-state index is 0.162. The van der Waals surface area contributed by atoms with Crippen LogP contribution in [0.3, 0.4) is 0 Å². The molecule has 128 valence electrons. The number of hydrogen-bond acceptors (Lipinski definition) is 2. The Bertz CT molecular complexity index is 831. The lowest BCUT2D eigenvalue weighted by Crippen LogP contribution is -2.46. The van der Waals surface area contributed by atoms with Gasteiger partial charge in [0.05, 0.1) is 0 Å². The molecule has 3 rings (SSSR count). The van der Waals surface area contributed by atoms with Gasteiger partial charge in [0.25, 0.3) is 5.91 Å². The van der Waals surface area contributed by atoms with E-state index < -0.39 is 5.60 Å². The van der Waals surface area contributed by atoms with Crippen LogP contribution in [-0.4, -0.2) is 34.6 Å². The summed E-state index contributed by atoms with van der Waals surface area (Å²) in [6, 6.07) is 12.6. The fourth-order valence-electron chi connectivity index (χ4n) is 2.73. The van der Waals surface area contributed by atoms with E-state index >= 15 is 0 Å². The van der Waals surface area contributed by atoms with Gasteiger partial charge < -0.3 is 10.0 Å². The van der Waals surface area contributed by atoms with Gasteiger partial charge in [0, 0.05) is 42.1 Å². The van der Waals surface area contributed by atoms with Gasteiger partial charge in [-0.1, -0.05) is 29.5 Å². The Kier molecular flexibility index (Phi) is 5.08. The number of piperidine rings is 1. The first-order valence-corrected chi connectivity index (χ1v) is 8.39. The number of halogens is 2. The Morgan fingerprint density at radius 2 is 1.84 bits per heavy atom. The van der Waals surface area contributed by atoms with Crippen LogP contribution in [-0.2, 0) is 0 Å². The maximum absolute atomic E-state index is 13.0. The molecule has 0 radical (unpaired) electrons. The highest BCUT2D eigenvalue weighted by molar-refractivity contribution is 6.30. The SMILES string of the molecule is O=C(c1ccc(F)cc1)N1CCC(O)(C#Cc2cccc(Cl)c2)CC1. The summed E-state index contributed by atoms with van der Waals surface area (Å²) >= 11 is 5.93. The van der Waals surface area contributed by atoms with Gasteiger partial charge in [0.1, 0.15) is 11.4 Å². The Balaban J connectivity index is 1.65. The lowest BCUT2D eigenvalue weighted by atomic mass is 9.91. The molecule has 0 aromatic heterocycles. The number of aliphatic hydroxyl groups is 1. The van der Waals surface area contributed by atoms with Crippen molar-refractivity contribution in [3.63, 3.8) is 0 Å². The third-order valence-corrected chi connectivity index (χ3v) is 4.47. The van der Waals surface area contributed by atoms with Crippen molar-refractivity contribution in [3.05, 3.63) is 70.5 Å². The number of carbonyl (C=O) groups excluding carboxylic acids is 1. The summed E-state index contributed by atoms with van der Waals surface area (Å²) in [4.78, 5) is 14.1. The standard InChI is InChI=1S/C20H17ClFNO2/c21-17-3-1-2-15(14-17)8-9-20(25)10-12-23(13-11-20)19(24)16-4-6-18(22)7-5-16/h1-7,14,25H,10-13H2. The lowest BCUT2D eigenvalue weighted by molar-refractivity contribution is 0.0249. The molecular formula is C20H17ClFNO2. The quantitative estimate of drug-likeness (QED) is 0.794. The average Bonchev–Trinajstić information content (AvgIpc) is 2.61. The summed E-state index contributed by atoms with van der Waals surface area (Å²) in [7, 11) is 0. The van der Waals surface area contributed by atoms with Crippen molar-refractivity contribution in [1.29, 1.82) is 0 Å². The summed E-state index contributed by atoms with van der Waals surface area (Å²) in [6.07, 6.45) is 0.737. The second-order valence-corrected chi connectivity index (χ2v) is 6.53. The molecule has 3 nitrogen and oxygen atoms in total. The van der Waals surface area contributed by atoms with Gasteiger partial charge in [-0.05, 0) is 42.5 Å². The minimum Gasteiger partial charge on any atom is -0.377 e. The number of benzene rings is 2. The van der Waals surface area contributed by atoms with Crippen molar-refractivity contribution in [2.75, 3.05) is 13.1 Å². The number of rotatable bonds is 1. The molecule has 1 saturated heterocycles. The smallest absolute Gasteiger partial charge is 0.253 e. The molecule has 25 heavy (non-hydrogen) atoms.